The summed E-state index contributed by atoms with van der Waals surface area (Å²) in [5.74, 6) is 1.63. The lowest BCUT2D eigenvalue weighted by molar-refractivity contribution is -0.135. The van der Waals surface area contributed by atoms with Crippen molar-refractivity contribution in [2.24, 2.45) is 5.92 Å². The number of carbonyl (C=O) groups is 1. The molecule has 0 radical (unpaired) electrons. The predicted molar refractivity (Wildman–Crippen MR) is 128 cm³/mol. The molecule has 1 aliphatic carbocycles. The van der Waals surface area contributed by atoms with Crippen LogP contribution in [0.15, 0.2) is 18.5 Å². The summed E-state index contributed by atoms with van der Waals surface area (Å²) in [5.41, 5.74) is 3.77. The minimum Gasteiger partial charge on any atom is -0.370 e. The molecule has 2 aliphatic heterocycles. The molecule has 1 saturated carbocycles. The molecule has 34 heavy (non-hydrogen) atoms. The topological polar surface area (TPSA) is 87.3 Å². The fourth-order valence-electron chi connectivity index (χ4n) is 5.33. The number of hydrogen-bond donors (Lipinski definition) is 0. The fraction of sp³-hybridized carbons (Fsp3) is 0.615. The summed E-state index contributed by atoms with van der Waals surface area (Å²) >= 11 is 0. The number of carbonyl (C=O) groups excluding carboxylic acids is 1. The average molecular weight is 463 g/mol. The highest BCUT2D eigenvalue weighted by Gasteiger charge is 2.39. The molecule has 8 nitrogen and oxygen atoms in total. The monoisotopic (exact) mass is 462 g/mol. The molecule has 2 aromatic heterocycles. The van der Waals surface area contributed by atoms with E-state index in [1.807, 2.05) is 17.2 Å². The van der Waals surface area contributed by atoms with Gasteiger partial charge in [-0.25, -0.2) is 4.98 Å². The van der Waals surface area contributed by atoms with Gasteiger partial charge < -0.3 is 14.5 Å². The van der Waals surface area contributed by atoms with Gasteiger partial charge in [0.2, 0.25) is 5.91 Å². The maximum absolute atomic E-state index is 13.1. The van der Waals surface area contributed by atoms with Gasteiger partial charge in [0, 0.05) is 49.9 Å². The van der Waals surface area contributed by atoms with Crippen LogP contribution in [0.1, 0.15) is 68.8 Å². The third-order valence-corrected chi connectivity index (χ3v) is 7.38. The van der Waals surface area contributed by atoms with Gasteiger partial charge in [-0.2, -0.15) is 10.4 Å². The van der Waals surface area contributed by atoms with Crippen LogP contribution >= 0.6 is 0 Å². The van der Waals surface area contributed by atoms with Crippen molar-refractivity contribution in [3.63, 3.8) is 0 Å². The van der Waals surface area contributed by atoms with Crippen molar-refractivity contribution >= 4 is 11.7 Å². The van der Waals surface area contributed by atoms with Gasteiger partial charge >= 0.3 is 0 Å². The molecule has 3 aliphatic rings. The van der Waals surface area contributed by atoms with Gasteiger partial charge in [-0.3, -0.25) is 9.48 Å². The predicted octanol–water partition coefficient (Wildman–Crippen LogP) is 3.25. The maximum atomic E-state index is 13.1. The SMILES string of the molecule is CC(C)[C@@H]1CN(c2nc(C3CC3)c3c(c2C#N)CC(C)(C)OC3)CCN1C(=O)Cn1cccn1. The number of anilines is 1. The lowest BCUT2D eigenvalue weighted by Gasteiger charge is -2.44. The normalized spacial score (nSPS) is 21.9. The van der Waals surface area contributed by atoms with Crippen molar-refractivity contribution in [1.82, 2.24) is 19.7 Å². The van der Waals surface area contributed by atoms with Crippen molar-refractivity contribution in [2.75, 3.05) is 24.5 Å². The highest BCUT2D eigenvalue weighted by atomic mass is 16.5. The van der Waals surface area contributed by atoms with E-state index in [0.717, 1.165) is 41.9 Å². The second-order valence-electron chi connectivity index (χ2n) is 10.8. The quantitative estimate of drug-likeness (QED) is 0.678. The Hall–Kier alpha value is -2.92. The van der Waals surface area contributed by atoms with Gasteiger partial charge in [-0.1, -0.05) is 13.8 Å². The largest absolute Gasteiger partial charge is 0.370 e. The van der Waals surface area contributed by atoms with E-state index in [1.54, 1.807) is 10.9 Å². The van der Waals surface area contributed by atoms with Crippen LogP contribution in [0.2, 0.25) is 0 Å². The number of rotatable bonds is 5. The number of piperazine rings is 1. The number of pyridine rings is 1. The van der Waals surface area contributed by atoms with Gasteiger partial charge in [0.15, 0.2) is 0 Å². The average Bonchev–Trinajstić information content (AvgIpc) is 3.53. The second kappa shape index (κ2) is 8.70. The Morgan fingerprint density at radius 1 is 1.29 bits per heavy atom. The lowest BCUT2D eigenvalue weighted by Crippen LogP contribution is -2.58. The number of ether oxygens (including phenoxy) is 1. The molecular formula is C26H34N6O2. The first-order valence-corrected chi connectivity index (χ1v) is 12.4. The Balaban J connectivity index is 1.46. The molecule has 1 amide bonds. The summed E-state index contributed by atoms with van der Waals surface area (Å²) in [5, 5.41) is 14.4. The zero-order valence-electron chi connectivity index (χ0n) is 20.6. The van der Waals surface area contributed by atoms with E-state index < -0.39 is 0 Å². The van der Waals surface area contributed by atoms with Crippen LogP contribution in [-0.4, -0.2) is 56.8 Å². The van der Waals surface area contributed by atoms with E-state index in [4.69, 9.17) is 9.72 Å². The molecule has 0 unspecified atom stereocenters. The Labute approximate surface area is 201 Å². The molecule has 5 rings (SSSR count). The molecule has 0 bridgehead atoms. The van der Waals surface area contributed by atoms with E-state index in [2.05, 4.69) is 43.8 Å². The number of hydrogen-bond acceptors (Lipinski definition) is 6. The van der Waals surface area contributed by atoms with Crippen molar-refractivity contribution in [1.29, 1.82) is 5.26 Å². The minimum absolute atomic E-state index is 0.0466. The number of nitrogens with zero attached hydrogens (tertiary/aromatic N) is 6. The van der Waals surface area contributed by atoms with Gasteiger partial charge in [-0.05, 0) is 44.2 Å². The van der Waals surface area contributed by atoms with E-state index in [1.165, 1.54) is 0 Å². The first-order chi connectivity index (χ1) is 16.3. The molecule has 2 aromatic rings. The highest BCUT2D eigenvalue weighted by Crippen LogP contribution is 2.46. The molecule has 8 heteroatoms. The Morgan fingerprint density at radius 2 is 2.09 bits per heavy atom. The third-order valence-electron chi connectivity index (χ3n) is 7.38. The van der Waals surface area contributed by atoms with E-state index >= 15 is 0 Å². The standard InChI is InChI=1S/C26H34N6O2/c1-17(2)22-14-30(10-11-32(22)23(33)15-31-9-5-8-28-31)25-20(13-27)19-12-26(3,4)34-16-21(19)24(29-25)18-6-7-18/h5,8-9,17-18,22H,6-7,10-12,14-16H2,1-4H3/t22-/m0/s1. The van der Waals surface area contributed by atoms with Crippen molar-refractivity contribution in [3.05, 3.63) is 40.8 Å². The molecule has 0 aromatic carbocycles. The first-order valence-electron chi connectivity index (χ1n) is 12.4. The van der Waals surface area contributed by atoms with Gasteiger partial charge in [-0.15, -0.1) is 0 Å². The highest BCUT2D eigenvalue weighted by molar-refractivity contribution is 5.77. The molecule has 0 spiro atoms. The second-order valence-corrected chi connectivity index (χ2v) is 10.8. The van der Waals surface area contributed by atoms with E-state index in [9.17, 15) is 10.1 Å². The van der Waals surface area contributed by atoms with Crippen molar-refractivity contribution in [2.45, 2.75) is 77.7 Å². The number of amides is 1. The summed E-state index contributed by atoms with van der Waals surface area (Å²) in [4.78, 5) is 22.5. The zero-order valence-corrected chi connectivity index (χ0v) is 20.6. The van der Waals surface area contributed by atoms with Crippen LogP contribution in [0.5, 0.6) is 0 Å². The zero-order chi connectivity index (χ0) is 24.0. The molecule has 1 atom stereocenters. The summed E-state index contributed by atoms with van der Waals surface area (Å²) in [6, 6.07) is 4.38. The number of fused-ring (bicyclic) bond motifs is 1. The molecule has 0 N–H and O–H groups in total. The van der Waals surface area contributed by atoms with Gasteiger partial charge in [0.1, 0.15) is 18.4 Å². The minimum atomic E-state index is -0.296. The van der Waals surface area contributed by atoms with Crippen LogP contribution in [0.3, 0.4) is 0 Å². The maximum Gasteiger partial charge on any atom is 0.244 e. The van der Waals surface area contributed by atoms with Crippen LogP contribution < -0.4 is 4.90 Å². The third kappa shape index (κ3) is 4.29. The lowest BCUT2D eigenvalue weighted by atomic mass is 9.87. The summed E-state index contributed by atoms with van der Waals surface area (Å²) in [6.45, 7) is 11.2. The van der Waals surface area contributed by atoms with Crippen molar-refractivity contribution < 1.29 is 9.53 Å². The Kier molecular flexibility index (Phi) is 5.85. The van der Waals surface area contributed by atoms with Crippen LogP contribution in [0.25, 0.3) is 0 Å². The van der Waals surface area contributed by atoms with Crippen LogP contribution in [-0.2, 0) is 29.1 Å². The van der Waals surface area contributed by atoms with E-state index in [0.29, 0.717) is 37.7 Å². The molecule has 2 fully saturated rings. The fourth-order valence-corrected chi connectivity index (χ4v) is 5.33. The first kappa shape index (κ1) is 22.9. The molecule has 1 saturated heterocycles. The summed E-state index contributed by atoms with van der Waals surface area (Å²) < 4.78 is 7.79. The molecule has 4 heterocycles. The summed E-state index contributed by atoms with van der Waals surface area (Å²) in [6.07, 6.45) is 6.53. The van der Waals surface area contributed by atoms with Gasteiger partial charge in [0.05, 0.1) is 29.5 Å². The number of aromatic nitrogens is 3. The summed E-state index contributed by atoms with van der Waals surface area (Å²) in [7, 11) is 0. The van der Waals surface area contributed by atoms with Gasteiger partial charge in [0.25, 0.3) is 0 Å². The van der Waals surface area contributed by atoms with Crippen LogP contribution in [0, 0.1) is 17.2 Å². The van der Waals surface area contributed by atoms with Crippen molar-refractivity contribution in [3.8, 4) is 6.07 Å². The smallest absolute Gasteiger partial charge is 0.244 e. The van der Waals surface area contributed by atoms with E-state index in [-0.39, 0.29) is 30.0 Å². The molecule has 180 valence electrons. The molecular weight excluding hydrogens is 428 g/mol. The Bertz CT molecular complexity index is 1110. The number of nitriles is 1. The van der Waals surface area contributed by atoms with Crippen LogP contribution in [0.4, 0.5) is 5.82 Å². The Morgan fingerprint density at radius 3 is 2.74 bits per heavy atom.